The van der Waals surface area contributed by atoms with Gasteiger partial charge in [-0.25, -0.2) is 9.36 Å². The van der Waals surface area contributed by atoms with Crippen LogP contribution in [-0.2, 0) is 9.30 Å². The van der Waals surface area contributed by atoms with Crippen LogP contribution in [0.2, 0.25) is 0 Å². The standard InChI is InChI=1S/C9H13N2O8PS/c12-3-4-6(14)7(21-20(16,17)18)8(19-4)11-2-1-5(13)10-9(11)15/h1-2,4,6-8,12,14H,3H2,(H,10,13,15)(H2,16,17,18)/t4-,6-,7-,8-/m1/s1. The summed E-state index contributed by atoms with van der Waals surface area (Å²) in [6.07, 6.45) is -2.64. The van der Waals surface area contributed by atoms with Gasteiger partial charge in [0.25, 0.3) is 5.56 Å². The van der Waals surface area contributed by atoms with Crippen LogP contribution in [0.1, 0.15) is 6.23 Å². The van der Waals surface area contributed by atoms with Crippen LogP contribution in [0.4, 0.5) is 0 Å². The Labute approximate surface area is 121 Å². The molecule has 0 unspecified atom stereocenters. The monoisotopic (exact) mass is 340 g/mol. The molecule has 1 aliphatic heterocycles. The average molecular weight is 340 g/mol. The van der Waals surface area contributed by atoms with Gasteiger partial charge in [0.05, 0.1) is 18.0 Å². The molecule has 1 fully saturated rings. The third-order valence-corrected chi connectivity index (χ3v) is 5.46. The van der Waals surface area contributed by atoms with Crippen molar-refractivity contribution in [2.75, 3.05) is 6.61 Å². The van der Waals surface area contributed by atoms with Gasteiger partial charge in [-0.2, -0.15) is 0 Å². The molecule has 0 bridgehead atoms. The van der Waals surface area contributed by atoms with Crippen molar-refractivity contribution in [1.29, 1.82) is 0 Å². The molecule has 1 aromatic heterocycles. The first kappa shape index (κ1) is 16.4. The van der Waals surface area contributed by atoms with E-state index in [9.17, 15) is 19.3 Å². The smallest absolute Gasteiger partial charge is 0.384 e. The highest BCUT2D eigenvalue weighted by atomic mass is 32.7. The molecule has 118 valence electrons. The van der Waals surface area contributed by atoms with E-state index in [0.717, 1.165) is 16.8 Å². The van der Waals surface area contributed by atoms with Gasteiger partial charge in [-0.15, -0.1) is 0 Å². The maximum absolute atomic E-state index is 11.7. The number of aliphatic hydroxyl groups is 2. The molecule has 12 heteroatoms. The number of nitrogens with one attached hydrogen (secondary N) is 1. The highest BCUT2D eigenvalue weighted by Crippen LogP contribution is 2.57. The van der Waals surface area contributed by atoms with E-state index in [2.05, 4.69) is 0 Å². The first-order valence-corrected chi connectivity index (χ1v) is 8.82. The van der Waals surface area contributed by atoms with E-state index >= 15 is 0 Å². The molecule has 2 heterocycles. The number of aromatic nitrogens is 2. The van der Waals surface area contributed by atoms with E-state index < -0.39 is 48.3 Å². The number of H-pyrrole nitrogens is 1. The summed E-state index contributed by atoms with van der Waals surface area (Å²) in [5.41, 5.74) is -1.50. The van der Waals surface area contributed by atoms with Crippen molar-refractivity contribution in [3.05, 3.63) is 33.1 Å². The van der Waals surface area contributed by atoms with Crippen LogP contribution in [0.25, 0.3) is 0 Å². The molecular formula is C9H13N2O8PS. The maximum atomic E-state index is 11.7. The minimum Gasteiger partial charge on any atom is -0.394 e. The van der Waals surface area contributed by atoms with Crippen LogP contribution < -0.4 is 11.2 Å². The number of aliphatic hydroxyl groups excluding tert-OH is 2. The summed E-state index contributed by atoms with van der Waals surface area (Å²) >= 11 is 0.136. The lowest BCUT2D eigenvalue weighted by Crippen LogP contribution is -2.36. The summed E-state index contributed by atoms with van der Waals surface area (Å²) in [6.45, 7) is -5.15. The van der Waals surface area contributed by atoms with E-state index in [1.807, 2.05) is 4.98 Å². The summed E-state index contributed by atoms with van der Waals surface area (Å²) in [7, 11) is 0. The zero-order valence-electron chi connectivity index (χ0n) is 10.4. The van der Waals surface area contributed by atoms with Crippen molar-refractivity contribution >= 4 is 18.2 Å². The van der Waals surface area contributed by atoms with Crippen LogP contribution >= 0.6 is 18.2 Å². The third kappa shape index (κ3) is 3.64. The summed E-state index contributed by atoms with van der Waals surface area (Å²) in [5, 5.41) is 17.9. The average Bonchev–Trinajstić information content (AvgIpc) is 2.65. The normalized spacial score (nSPS) is 29.7. The lowest BCUT2D eigenvalue weighted by atomic mass is 10.2. The van der Waals surface area contributed by atoms with E-state index in [-0.39, 0.29) is 11.4 Å². The molecule has 0 amide bonds. The highest BCUT2D eigenvalue weighted by molar-refractivity contribution is 8.54. The molecule has 0 spiro atoms. The molecule has 0 radical (unpaired) electrons. The summed E-state index contributed by atoms with van der Waals surface area (Å²) in [6, 6.07) is 1.03. The van der Waals surface area contributed by atoms with Crippen molar-refractivity contribution in [2.45, 2.75) is 23.7 Å². The fourth-order valence-corrected chi connectivity index (χ4v) is 4.55. The number of aromatic amines is 1. The summed E-state index contributed by atoms with van der Waals surface area (Å²) < 4.78 is 17.3. The minimum absolute atomic E-state index is 0.136. The number of rotatable bonds is 4. The molecule has 1 saturated heterocycles. The van der Waals surface area contributed by atoms with Gasteiger partial charge < -0.3 is 24.7 Å². The van der Waals surface area contributed by atoms with Crippen molar-refractivity contribution in [3.63, 3.8) is 0 Å². The van der Waals surface area contributed by atoms with Crippen LogP contribution in [-0.4, -0.2) is 53.6 Å². The second kappa shape index (κ2) is 6.05. The summed E-state index contributed by atoms with van der Waals surface area (Å²) in [5.74, 6) is 0. The highest BCUT2D eigenvalue weighted by Gasteiger charge is 2.48. The Bertz CT molecular complexity index is 668. The van der Waals surface area contributed by atoms with Gasteiger partial charge in [-0.05, 0) is 11.4 Å². The van der Waals surface area contributed by atoms with Crippen molar-refractivity contribution < 1.29 is 29.3 Å². The number of nitrogens with zero attached hydrogens (tertiary/aromatic N) is 1. The quantitative estimate of drug-likeness (QED) is 0.389. The zero-order valence-corrected chi connectivity index (χ0v) is 12.1. The van der Waals surface area contributed by atoms with E-state index in [1.54, 1.807) is 0 Å². The van der Waals surface area contributed by atoms with Crippen LogP contribution in [0.5, 0.6) is 0 Å². The molecule has 0 saturated carbocycles. The number of hydrogen-bond acceptors (Lipinski definition) is 7. The van der Waals surface area contributed by atoms with E-state index in [4.69, 9.17) is 19.6 Å². The Kier molecular flexibility index (Phi) is 4.73. The van der Waals surface area contributed by atoms with Crippen LogP contribution in [0.15, 0.2) is 21.9 Å². The van der Waals surface area contributed by atoms with Gasteiger partial charge in [-0.3, -0.25) is 14.3 Å². The molecule has 21 heavy (non-hydrogen) atoms. The Morgan fingerprint density at radius 3 is 2.62 bits per heavy atom. The molecule has 2 rings (SSSR count). The molecule has 1 aliphatic rings. The molecule has 4 atom stereocenters. The van der Waals surface area contributed by atoms with Gasteiger partial charge in [-0.1, -0.05) is 0 Å². The molecule has 1 aromatic rings. The van der Waals surface area contributed by atoms with Crippen LogP contribution in [0.3, 0.4) is 0 Å². The fraction of sp³-hybridized carbons (Fsp3) is 0.556. The molecule has 0 aliphatic carbocycles. The Morgan fingerprint density at radius 2 is 2.10 bits per heavy atom. The largest absolute Gasteiger partial charge is 0.394 e. The first-order chi connectivity index (χ1) is 9.73. The molecular weight excluding hydrogens is 327 g/mol. The van der Waals surface area contributed by atoms with Crippen LogP contribution in [0, 0.1) is 0 Å². The number of ether oxygens (including phenoxy) is 1. The van der Waals surface area contributed by atoms with Gasteiger partial charge in [0.15, 0.2) is 6.23 Å². The van der Waals surface area contributed by atoms with Crippen molar-refractivity contribution in [3.8, 4) is 0 Å². The number of hydrogen-bond donors (Lipinski definition) is 5. The Hall–Kier alpha value is -0.940. The Morgan fingerprint density at radius 1 is 1.43 bits per heavy atom. The molecule has 0 aromatic carbocycles. The van der Waals surface area contributed by atoms with Gasteiger partial charge in [0, 0.05) is 12.3 Å². The van der Waals surface area contributed by atoms with E-state index in [0.29, 0.717) is 0 Å². The second-order valence-electron chi connectivity index (χ2n) is 4.32. The van der Waals surface area contributed by atoms with Gasteiger partial charge >= 0.3 is 12.5 Å². The topological polar surface area (TPSA) is 162 Å². The predicted octanol–water partition coefficient (Wildman–Crippen LogP) is -2.02. The van der Waals surface area contributed by atoms with Gasteiger partial charge in [0.2, 0.25) is 0 Å². The summed E-state index contributed by atoms with van der Waals surface area (Å²) in [4.78, 5) is 42.8. The van der Waals surface area contributed by atoms with E-state index in [1.165, 1.54) is 0 Å². The Balaban J connectivity index is 2.41. The maximum Gasteiger partial charge on any atom is 0.384 e. The molecule has 5 N–H and O–H groups in total. The van der Waals surface area contributed by atoms with Crippen molar-refractivity contribution in [2.24, 2.45) is 0 Å². The zero-order chi connectivity index (χ0) is 15.8. The van der Waals surface area contributed by atoms with Gasteiger partial charge in [0.1, 0.15) is 6.10 Å². The predicted molar refractivity (Wildman–Crippen MR) is 71.7 cm³/mol. The minimum atomic E-state index is -4.56. The second-order valence-corrected chi connectivity index (χ2v) is 8.11. The first-order valence-electron chi connectivity index (χ1n) is 5.73. The SMILES string of the molecule is O=c1ccn([C@@H]2O[C@H](CO)[C@@H](O)[C@H]2SP(=O)(O)O)c(=O)[nH]1. The lowest BCUT2D eigenvalue weighted by molar-refractivity contribution is -0.0457. The van der Waals surface area contributed by atoms with Crippen molar-refractivity contribution in [1.82, 2.24) is 9.55 Å². The lowest BCUT2D eigenvalue weighted by Gasteiger charge is -2.21. The third-order valence-electron chi connectivity index (χ3n) is 2.88. The molecule has 10 nitrogen and oxygen atoms in total. The fourth-order valence-electron chi connectivity index (χ4n) is 1.99.